The molecule has 96 valence electrons. The van der Waals surface area contributed by atoms with Gasteiger partial charge >= 0.3 is 120 Å². The molecule has 19 heavy (non-hydrogen) atoms. The van der Waals surface area contributed by atoms with Gasteiger partial charge in [0.2, 0.25) is 0 Å². The maximum absolute atomic E-state index is 4.56. The Labute approximate surface area is 120 Å². The molecule has 5 nitrogen and oxygen atoms in total. The molecule has 2 radical (unpaired) electrons. The molecule has 2 aliphatic carbocycles. The SMILES string of the molecule is [As]c1nc(NC2CC2)c2ncn(C3C=CCC3)c2n1. The van der Waals surface area contributed by atoms with Crippen molar-refractivity contribution in [3.63, 3.8) is 0 Å². The number of nitrogens with zero attached hydrogens (tertiary/aromatic N) is 4. The van der Waals surface area contributed by atoms with Gasteiger partial charge in [-0.3, -0.25) is 0 Å². The molecule has 0 bridgehead atoms. The third-order valence-corrected chi connectivity index (χ3v) is 4.09. The van der Waals surface area contributed by atoms with Crippen molar-refractivity contribution in [3.8, 4) is 0 Å². The summed E-state index contributed by atoms with van der Waals surface area (Å²) in [5.41, 5.74) is 1.83. The average molecular weight is 315 g/mol. The molecule has 0 spiro atoms. The molecular formula is C13H14AsN5. The zero-order valence-electron chi connectivity index (χ0n) is 10.5. The van der Waals surface area contributed by atoms with Crippen molar-refractivity contribution in [1.82, 2.24) is 19.5 Å². The van der Waals surface area contributed by atoms with Crippen molar-refractivity contribution < 1.29 is 0 Å². The van der Waals surface area contributed by atoms with Gasteiger partial charge in [-0.25, -0.2) is 0 Å². The summed E-state index contributed by atoms with van der Waals surface area (Å²) >= 11 is 2.43. The number of nitrogens with one attached hydrogen (secondary N) is 1. The predicted molar refractivity (Wildman–Crippen MR) is 74.8 cm³/mol. The molecule has 2 aromatic rings. The summed E-state index contributed by atoms with van der Waals surface area (Å²) in [5, 5.41) is 3.45. The van der Waals surface area contributed by atoms with Crippen molar-refractivity contribution in [2.45, 2.75) is 37.8 Å². The van der Waals surface area contributed by atoms with Gasteiger partial charge in [0.1, 0.15) is 0 Å². The second-order valence-electron chi connectivity index (χ2n) is 5.19. The molecule has 2 heterocycles. The van der Waals surface area contributed by atoms with E-state index in [-0.39, 0.29) is 0 Å². The van der Waals surface area contributed by atoms with Gasteiger partial charge in [-0.05, 0) is 0 Å². The molecule has 6 heteroatoms. The number of aromatic nitrogens is 4. The molecule has 1 atom stereocenters. The quantitative estimate of drug-likeness (QED) is 0.680. The summed E-state index contributed by atoms with van der Waals surface area (Å²) in [6, 6.07) is 0.960. The van der Waals surface area contributed by atoms with Crippen molar-refractivity contribution in [3.05, 3.63) is 18.5 Å². The fraction of sp³-hybridized carbons (Fsp3) is 0.462. The minimum atomic E-state index is 0.389. The Morgan fingerprint density at radius 2 is 2.16 bits per heavy atom. The number of anilines is 1. The van der Waals surface area contributed by atoms with Gasteiger partial charge in [0.15, 0.2) is 0 Å². The Morgan fingerprint density at radius 1 is 1.26 bits per heavy atom. The molecule has 1 saturated carbocycles. The number of rotatable bonds is 3. The monoisotopic (exact) mass is 315 g/mol. The predicted octanol–water partition coefficient (Wildman–Crippen LogP) is 1.09. The van der Waals surface area contributed by atoms with E-state index in [9.17, 15) is 0 Å². The molecule has 2 aliphatic rings. The zero-order chi connectivity index (χ0) is 12.8. The molecule has 4 rings (SSSR count). The normalized spacial score (nSPS) is 22.3. The first-order chi connectivity index (χ1) is 9.31. The summed E-state index contributed by atoms with van der Waals surface area (Å²) in [6.07, 6.45) is 11.1. The summed E-state index contributed by atoms with van der Waals surface area (Å²) < 4.78 is 2.90. The van der Waals surface area contributed by atoms with Gasteiger partial charge in [0.25, 0.3) is 0 Å². The van der Waals surface area contributed by atoms with E-state index in [2.05, 4.69) is 53.8 Å². The van der Waals surface area contributed by atoms with E-state index in [1.54, 1.807) is 0 Å². The summed E-state index contributed by atoms with van der Waals surface area (Å²) in [5.74, 6) is 0.879. The second kappa shape index (κ2) is 4.34. The van der Waals surface area contributed by atoms with Crippen molar-refractivity contribution in [1.29, 1.82) is 0 Å². The zero-order valence-corrected chi connectivity index (χ0v) is 12.3. The molecule has 1 fully saturated rings. The van der Waals surface area contributed by atoms with E-state index in [1.165, 1.54) is 12.8 Å². The molecule has 1 N–H and O–H groups in total. The van der Waals surface area contributed by atoms with E-state index < -0.39 is 0 Å². The Morgan fingerprint density at radius 3 is 2.89 bits per heavy atom. The molecule has 0 saturated heterocycles. The van der Waals surface area contributed by atoms with Crippen LogP contribution in [0.25, 0.3) is 11.2 Å². The Hall–Kier alpha value is -1.35. The minimum absolute atomic E-state index is 0.389. The van der Waals surface area contributed by atoms with E-state index in [1.807, 2.05) is 6.33 Å². The van der Waals surface area contributed by atoms with Crippen LogP contribution in [0.2, 0.25) is 0 Å². The fourth-order valence-corrected chi connectivity index (χ4v) is 2.93. The van der Waals surface area contributed by atoms with Crippen LogP contribution in [0.3, 0.4) is 0 Å². The first-order valence-corrected chi connectivity index (χ1v) is 7.62. The number of fused-ring (bicyclic) bond motifs is 1. The van der Waals surface area contributed by atoms with Gasteiger partial charge < -0.3 is 0 Å². The van der Waals surface area contributed by atoms with Crippen LogP contribution >= 0.6 is 0 Å². The first-order valence-electron chi connectivity index (χ1n) is 6.68. The van der Waals surface area contributed by atoms with Crippen LogP contribution in [0.4, 0.5) is 5.82 Å². The van der Waals surface area contributed by atoms with Crippen LogP contribution < -0.4 is 9.93 Å². The van der Waals surface area contributed by atoms with Crippen LogP contribution in [-0.4, -0.2) is 42.4 Å². The van der Waals surface area contributed by atoms with Gasteiger partial charge in [-0.1, -0.05) is 0 Å². The summed E-state index contributed by atoms with van der Waals surface area (Å²) in [6.45, 7) is 0. The van der Waals surface area contributed by atoms with Crippen LogP contribution in [0.15, 0.2) is 18.5 Å². The van der Waals surface area contributed by atoms with E-state index in [4.69, 9.17) is 0 Å². The third kappa shape index (κ3) is 2.06. The van der Waals surface area contributed by atoms with Gasteiger partial charge in [-0.15, -0.1) is 0 Å². The van der Waals surface area contributed by atoms with Crippen LogP contribution in [0, 0.1) is 0 Å². The Balaban J connectivity index is 1.83. The standard InChI is InChI=1S/C13H14AsN5/c14-13-17-11(16-8-5-6-8)10-12(18-13)19(7-15-10)9-3-1-2-4-9/h1,3,7-9H,2,4-6H2,(H,16,17,18). The van der Waals surface area contributed by atoms with Gasteiger partial charge in [0.05, 0.1) is 0 Å². The summed E-state index contributed by atoms with van der Waals surface area (Å²) in [7, 11) is 0. The molecular weight excluding hydrogens is 301 g/mol. The van der Waals surface area contributed by atoms with Crippen LogP contribution in [0.1, 0.15) is 31.7 Å². The van der Waals surface area contributed by atoms with Gasteiger partial charge in [-0.2, -0.15) is 0 Å². The van der Waals surface area contributed by atoms with E-state index in [0.29, 0.717) is 12.1 Å². The van der Waals surface area contributed by atoms with Crippen molar-refractivity contribution in [2.24, 2.45) is 0 Å². The number of allylic oxidation sites excluding steroid dienone is 2. The van der Waals surface area contributed by atoms with Crippen LogP contribution in [-0.2, 0) is 0 Å². The number of imidazole rings is 1. The first kappa shape index (κ1) is 11.5. The van der Waals surface area contributed by atoms with Crippen molar-refractivity contribution >= 4 is 38.4 Å². The topological polar surface area (TPSA) is 55.6 Å². The molecule has 2 aromatic heterocycles. The maximum atomic E-state index is 4.56. The molecule has 1 unspecified atom stereocenters. The average Bonchev–Trinajstić information content (AvgIpc) is 2.91. The molecule has 0 amide bonds. The van der Waals surface area contributed by atoms with Crippen LogP contribution in [0.5, 0.6) is 0 Å². The number of hydrogen-bond acceptors (Lipinski definition) is 4. The Kier molecular flexibility index (Phi) is 2.62. The van der Waals surface area contributed by atoms with E-state index >= 15 is 0 Å². The second-order valence-corrected chi connectivity index (χ2v) is 6.03. The van der Waals surface area contributed by atoms with E-state index in [0.717, 1.165) is 34.4 Å². The summed E-state index contributed by atoms with van der Waals surface area (Å²) in [4.78, 5) is 13.6. The third-order valence-electron chi connectivity index (χ3n) is 3.67. The van der Waals surface area contributed by atoms with Gasteiger partial charge in [0, 0.05) is 0 Å². The fourth-order valence-electron chi connectivity index (χ4n) is 2.52. The number of hydrogen-bond donors (Lipinski definition) is 1. The molecule has 0 aliphatic heterocycles. The Bertz CT molecular complexity index is 658. The van der Waals surface area contributed by atoms with Crippen molar-refractivity contribution in [2.75, 3.05) is 5.32 Å². The molecule has 0 aromatic carbocycles.